The standard InChI is InChI=1S/C16H19BrClNO2/c1-2-5-12(17)16(18)11(9-15(20)21)14-8-10-6-3-4-7-13(10)19-14/h3-4,6-8,11-12,16,19H,2,5,9H2,1H3,(H,20,21)/p-1. The number of benzene rings is 1. The van der Waals surface area contributed by atoms with Gasteiger partial charge < -0.3 is 14.9 Å². The van der Waals surface area contributed by atoms with Crippen molar-refractivity contribution in [3.63, 3.8) is 0 Å². The lowest BCUT2D eigenvalue weighted by atomic mass is 9.94. The van der Waals surface area contributed by atoms with Crippen LogP contribution in [0.25, 0.3) is 10.9 Å². The van der Waals surface area contributed by atoms with Crippen LogP contribution in [-0.4, -0.2) is 21.2 Å². The minimum absolute atomic E-state index is 0.0694. The summed E-state index contributed by atoms with van der Waals surface area (Å²) >= 11 is 10.1. The Bertz CT molecular complexity index is 580. The lowest BCUT2D eigenvalue weighted by molar-refractivity contribution is -0.306. The summed E-state index contributed by atoms with van der Waals surface area (Å²) in [7, 11) is 0. The second-order valence-electron chi connectivity index (χ2n) is 5.24. The minimum Gasteiger partial charge on any atom is -0.550 e. The van der Waals surface area contributed by atoms with Gasteiger partial charge in [0, 0.05) is 27.9 Å². The first-order chi connectivity index (χ1) is 10.0. The molecule has 0 aliphatic rings. The van der Waals surface area contributed by atoms with Gasteiger partial charge in [-0.15, -0.1) is 11.6 Å². The zero-order valence-corrected chi connectivity index (χ0v) is 14.2. The highest BCUT2D eigenvalue weighted by molar-refractivity contribution is 9.09. The van der Waals surface area contributed by atoms with Crippen molar-refractivity contribution in [3.8, 4) is 0 Å². The molecule has 0 amide bonds. The number of carbonyl (C=O) groups excluding carboxylic acids is 1. The molecule has 2 rings (SSSR count). The van der Waals surface area contributed by atoms with Crippen molar-refractivity contribution in [2.24, 2.45) is 0 Å². The molecule has 2 aromatic rings. The number of hydrogen-bond donors (Lipinski definition) is 1. The van der Waals surface area contributed by atoms with Crippen molar-refractivity contribution in [3.05, 3.63) is 36.0 Å². The first kappa shape index (κ1) is 16.4. The van der Waals surface area contributed by atoms with Crippen LogP contribution < -0.4 is 5.11 Å². The molecule has 1 aromatic heterocycles. The Morgan fingerprint density at radius 2 is 2.14 bits per heavy atom. The number of aliphatic carboxylic acids is 1. The van der Waals surface area contributed by atoms with Gasteiger partial charge in [0.15, 0.2) is 0 Å². The Kier molecular flexibility index (Phi) is 5.71. The number of halogens is 2. The summed E-state index contributed by atoms with van der Waals surface area (Å²) in [4.78, 5) is 14.4. The molecule has 0 fully saturated rings. The molecule has 0 bridgehead atoms. The van der Waals surface area contributed by atoms with E-state index >= 15 is 0 Å². The van der Waals surface area contributed by atoms with Crippen molar-refractivity contribution < 1.29 is 9.90 Å². The molecular weight excluding hydrogens is 354 g/mol. The van der Waals surface area contributed by atoms with Crippen LogP contribution in [0.4, 0.5) is 0 Å². The van der Waals surface area contributed by atoms with Crippen LogP contribution in [0.3, 0.4) is 0 Å². The van der Waals surface area contributed by atoms with E-state index in [1.165, 1.54) is 0 Å². The molecule has 3 nitrogen and oxygen atoms in total. The zero-order valence-electron chi connectivity index (χ0n) is 11.8. The van der Waals surface area contributed by atoms with Gasteiger partial charge in [-0.2, -0.15) is 0 Å². The van der Waals surface area contributed by atoms with Crippen molar-refractivity contribution in [1.29, 1.82) is 0 Å². The molecule has 1 heterocycles. The van der Waals surface area contributed by atoms with Gasteiger partial charge >= 0.3 is 0 Å². The van der Waals surface area contributed by atoms with Gasteiger partial charge in [-0.05, 0) is 30.4 Å². The highest BCUT2D eigenvalue weighted by Gasteiger charge is 2.28. The predicted octanol–water partition coefficient (Wildman–Crippen LogP) is 3.56. The SMILES string of the molecule is CCCC(Br)C(Cl)C(CC(=O)[O-])c1cc2ccccc2[nH]1. The van der Waals surface area contributed by atoms with Gasteiger partial charge in [0.2, 0.25) is 0 Å². The third-order valence-corrected chi connectivity index (χ3v) is 5.57. The first-order valence-electron chi connectivity index (χ1n) is 7.08. The maximum absolute atomic E-state index is 11.1. The quantitative estimate of drug-likeness (QED) is 0.757. The topological polar surface area (TPSA) is 55.9 Å². The average molecular weight is 372 g/mol. The summed E-state index contributed by atoms with van der Waals surface area (Å²) in [6.45, 7) is 2.08. The van der Waals surface area contributed by atoms with Gasteiger partial charge in [-0.25, -0.2) is 0 Å². The second kappa shape index (κ2) is 7.32. The molecule has 21 heavy (non-hydrogen) atoms. The number of hydrogen-bond acceptors (Lipinski definition) is 2. The number of carboxylic acids is 1. The van der Waals surface area contributed by atoms with Crippen LogP contribution in [0.5, 0.6) is 0 Å². The molecule has 114 valence electrons. The van der Waals surface area contributed by atoms with E-state index in [2.05, 4.69) is 27.8 Å². The normalized spacial score (nSPS) is 15.8. The molecule has 0 aliphatic carbocycles. The highest BCUT2D eigenvalue weighted by atomic mass is 79.9. The smallest absolute Gasteiger partial charge is 0.0547 e. The van der Waals surface area contributed by atoms with E-state index < -0.39 is 5.97 Å². The van der Waals surface area contributed by atoms with Crippen molar-refractivity contribution >= 4 is 44.4 Å². The number of alkyl halides is 2. The van der Waals surface area contributed by atoms with Crippen LogP contribution in [0.15, 0.2) is 30.3 Å². The molecule has 0 saturated heterocycles. The third kappa shape index (κ3) is 4.01. The summed E-state index contributed by atoms with van der Waals surface area (Å²) in [5, 5.41) is 11.8. The molecule has 5 heteroatoms. The lowest BCUT2D eigenvalue weighted by Crippen LogP contribution is -2.31. The van der Waals surface area contributed by atoms with Gasteiger partial charge in [-0.3, -0.25) is 0 Å². The van der Waals surface area contributed by atoms with E-state index in [1.807, 2.05) is 30.3 Å². The van der Waals surface area contributed by atoms with Crippen LogP contribution in [0.2, 0.25) is 0 Å². The summed E-state index contributed by atoms with van der Waals surface area (Å²) in [5.74, 6) is -1.39. The number of aromatic nitrogens is 1. The monoisotopic (exact) mass is 370 g/mol. The molecule has 0 aliphatic heterocycles. The largest absolute Gasteiger partial charge is 0.550 e. The van der Waals surface area contributed by atoms with E-state index in [4.69, 9.17) is 11.6 Å². The Labute approximate surface area is 137 Å². The third-order valence-electron chi connectivity index (χ3n) is 3.63. The van der Waals surface area contributed by atoms with Crippen LogP contribution >= 0.6 is 27.5 Å². The Balaban J connectivity index is 2.32. The predicted molar refractivity (Wildman–Crippen MR) is 87.9 cm³/mol. The van der Waals surface area contributed by atoms with E-state index in [0.717, 1.165) is 29.4 Å². The lowest BCUT2D eigenvalue weighted by Gasteiger charge is -2.25. The van der Waals surface area contributed by atoms with Crippen molar-refractivity contribution in [2.75, 3.05) is 0 Å². The van der Waals surface area contributed by atoms with E-state index in [9.17, 15) is 9.90 Å². The van der Waals surface area contributed by atoms with Crippen LogP contribution in [-0.2, 0) is 4.79 Å². The van der Waals surface area contributed by atoms with Crippen LogP contribution in [0, 0.1) is 0 Å². The summed E-state index contributed by atoms with van der Waals surface area (Å²) in [6, 6.07) is 9.83. The number of rotatable bonds is 7. The number of H-pyrrole nitrogens is 1. The van der Waals surface area contributed by atoms with Crippen LogP contribution in [0.1, 0.15) is 37.8 Å². The number of nitrogens with one attached hydrogen (secondary N) is 1. The van der Waals surface area contributed by atoms with Gasteiger partial charge in [-0.1, -0.05) is 47.5 Å². The van der Waals surface area contributed by atoms with Gasteiger partial charge in [0.05, 0.1) is 5.38 Å². The average Bonchev–Trinajstić information content (AvgIpc) is 2.87. The van der Waals surface area contributed by atoms with Gasteiger partial charge in [0.25, 0.3) is 0 Å². The fourth-order valence-corrected chi connectivity index (χ4v) is 3.73. The minimum atomic E-state index is -1.08. The maximum atomic E-state index is 11.1. The molecule has 0 radical (unpaired) electrons. The molecule has 0 saturated carbocycles. The highest BCUT2D eigenvalue weighted by Crippen LogP contribution is 2.34. The fourth-order valence-electron chi connectivity index (χ4n) is 2.56. The molecule has 3 unspecified atom stereocenters. The first-order valence-corrected chi connectivity index (χ1v) is 8.43. The number of fused-ring (bicyclic) bond motifs is 1. The van der Waals surface area contributed by atoms with Gasteiger partial charge in [0.1, 0.15) is 0 Å². The summed E-state index contributed by atoms with van der Waals surface area (Å²) < 4.78 is 0. The molecule has 1 aromatic carbocycles. The zero-order chi connectivity index (χ0) is 15.4. The number of carbonyl (C=O) groups is 1. The Morgan fingerprint density at radius 3 is 2.76 bits per heavy atom. The molecule has 1 N–H and O–H groups in total. The number of carboxylic acid groups (broad SMARTS) is 1. The molecular formula is C16H18BrClNO2-. The Hall–Kier alpha value is -1.00. The maximum Gasteiger partial charge on any atom is 0.0547 e. The van der Waals surface area contributed by atoms with E-state index in [1.54, 1.807) is 0 Å². The Morgan fingerprint density at radius 1 is 1.43 bits per heavy atom. The van der Waals surface area contributed by atoms with Crippen molar-refractivity contribution in [2.45, 2.75) is 42.3 Å². The van der Waals surface area contributed by atoms with E-state index in [0.29, 0.717) is 0 Å². The van der Waals surface area contributed by atoms with E-state index in [-0.39, 0.29) is 22.5 Å². The number of para-hydroxylation sites is 1. The number of aromatic amines is 1. The summed E-state index contributed by atoms with van der Waals surface area (Å²) in [6.07, 6.45) is 1.80. The molecule has 0 spiro atoms. The second-order valence-corrected chi connectivity index (χ2v) is 6.92. The summed E-state index contributed by atoms with van der Waals surface area (Å²) in [5.41, 5.74) is 1.84. The fraction of sp³-hybridized carbons (Fsp3) is 0.438. The molecule has 3 atom stereocenters. The van der Waals surface area contributed by atoms with Crippen molar-refractivity contribution in [1.82, 2.24) is 4.98 Å².